The number of hydrogen-bond acceptors (Lipinski definition) is 5. The monoisotopic (exact) mass is 428 g/mol. The van der Waals surface area contributed by atoms with Gasteiger partial charge in [0.15, 0.2) is 0 Å². The van der Waals surface area contributed by atoms with E-state index in [9.17, 15) is 9.59 Å². The summed E-state index contributed by atoms with van der Waals surface area (Å²) in [6.07, 6.45) is 1.16. The quantitative estimate of drug-likeness (QED) is 0.616. The van der Waals surface area contributed by atoms with E-state index in [0.29, 0.717) is 39.0 Å². The van der Waals surface area contributed by atoms with Gasteiger partial charge in [-0.05, 0) is 38.0 Å². The Morgan fingerprint density at radius 2 is 1.97 bits per heavy atom. The second-order valence-electron chi connectivity index (χ2n) is 7.91. The van der Waals surface area contributed by atoms with E-state index in [1.54, 1.807) is 12.0 Å². The third-order valence-electron chi connectivity index (χ3n) is 5.78. The molecule has 3 rings (SSSR count). The molecule has 8 heteroatoms. The Balaban J connectivity index is 1.68. The lowest BCUT2D eigenvalue weighted by molar-refractivity contribution is -0.138. The fourth-order valence-electron chi connectivity index (χ4n) is 4.05. The van der Waals surface area contributed by atoms with Crippen molar-refractivity contribution in [2.75, 3.05) is 26.8 Å². The van der Waals surface area contributed by atoms with Gasteiger partial charge in [-0.1, -0.05) is 18.2 Å². The number of hydrogen-bond donors (Lipinski definition) is 1. The normalized spacial score (nSPS) is 18.3. The lowest BCUT2D eigenvalue weighted by Crippen LogP contribution is -2.46. The van der Waals surface area contributed by atoms with Gasteiger partial charge < -0.3 is 19.7 Å². The van der Waals surface area contributed by atoms with Crippen LogP contribution in [0.5, 0.6) is 5.75 Å². The summed E-state index contributed by atoms with van der Waals surface area (Å²) in [5, 5.41) is 7.29. The van der Waals surface area contributed by atoms with Crippen molar-refractivity contribution in [2.45, 2.75) is 45.3 Å². The number of rotatable bonds is 9. The van der Waals surface area contributed by atoms with E-state index in [4.69, 9.17) is 9.47 Å². The van der Waals surface area contributed by atoms with E-state index in [1.807, 2.05) is 55.9 Å². The molecule has 0 unspecified atom stereocenters. The van der Waals surface area contributed by atoms with Gasteiger partial charge in [0.2, 0.25) is 11.8 Å². The number of aryl methyl sites for hydroxylation is 2. The van der Waals surface area contributed by atoms with E-state index < -0.39 is 6.04 Å². The molecule has 0 aliphatic carbocycles. The second-order valence-corrected chi connectivity index (χ2v) is 7.91. The number of para-hydroxylation sites is 1. The van der Waals surface area contributed by atoms with Gasteiger partial charge >= 0.3 is 0 Å². The SMILES string of the molecule is COCCNC(=O)[C@@H]1C[C@H](Oc2ccccc2)CN1C(=O)CCc1c(C)nn(C)c1C. The number of nitrogens with zero attached hydrogens (tertiary/aromatic N) is 3. The van der Waals surface area contributed by atoms with E-state index in [2.05, 4.69) is 10.4 Å². The number of ether oxygens (including phenoxy) is 2. The average Bonchev–Trinajstić information content (AvgIpc) is 3.28. The Bertz CT molecular complexity index is 896. The smallest absolute Gasteiger partial charge is 0.243 e. The maximum atomic E-state index is 13.1. The molecule has 1 aliphatic rings. The van der Waals surface area contributed by atoms with Gasteiger partial charge in [0, 0.05) is 39.2 Å². The molecule has 1 N–H and O–H groups in total. The van der Waals surface area contributed by atoms with Crippen molar-refractivity contribution in [3.8, 4) is 5.75 Å². The van der Waals surface area contributed by atoms with Crippen LogP contribution in [0.15, 0.2) is 30.3 Å². The van der Waals surface area contributed by atoms with Gasteiger partial charge in [-0.3, -0.25) is 14.3 Å². The molecule has 2 atom stereocenters. The first-order valence-corrected chi connectivity index (χ1v) is 10.7. The molecule has 1 fully saturated rings. The molecule has 2 aromatic rings. The minimum atomic E-state index is -0.547. The molecule has 8 nitrogen and oxygen atoms in total. The summed E-state index contributed by atoms with van der Waals surface area (Å²) >= 11 is 0. The summed E-state index contributed by atoms with van der Waals surface area (Å²) in [5.74, 6) is 0.522. The molecule has 1 saturated heterocycles. The molecule has 0 bridgehead atoms. The molecule has 2 heterocycles. The first-order valence-electron chi connectivity index (χ1n) is 10.7. The maximum absolute atomic E-state index is 13.1. The summed E-state index contributed by atoms with van der Waals surface area (Å²) in [6, 6.07) is 8.94. The highest BCUT2D eigenvalue weighted by Crippen LogP contribution is 2.25. The van der Waals surface area contributed by atoms with Crippen LogP contribution in [0, 0.1) is 13.8 Å². The Hall–Kier alpha value is -2.87. The van der Waals surface area contributed by atoms with Crippen LogP contribution in [-0.4, -0.2) is 65.4 Å². The van der Waals surface area contributed by atoms with E-state index in [-0.39, 0.29) is 17.9 Å². The van der Waals surface area contributed by atoms with Crippen molar-refractivity contribution in [2.24, 2.45) is 7.05 Å². The summed E-state index contributed by atoms with van der Waals surface area (Å²) in [5.41, 5.74) is 3.09. The molecular formula is C23H32N4O4. The van der Waals surface area contributed by atoms with Crippen molar-refractivity contribution >= 4 is 11.8 Å². The number of carbonyl (C=O) groups is 2. The predicted octanol–water partition coefficient (Wildman–Crippen LogP) is 1.78. The van der Waals surface area contributed by atoms with Crippen LogP contribution in [0.1, 0.15) is 29.8 Å². The molecule has 168 valence electrons. The average molecular weight is 429 g/mol. The molecule has 0 radical (unpaired) electrons. The van der Waals surface area contributed by atoms with Crippen molar-refractivity contribution in [1.29, 1.82) is 0 Å². The highest BCUT2D eigenvalue weighted by molar-refractivity contribution is 5.88. The van der Waals surface area contributed by atoms with Crippen LogP contribution >= 0.6 is 0 Å². The number of benzene rings is 1. The minimum Gasteiger partial charge on any atom is -0.488 e. The third-order valence-corrected chi connectivity index (χ3v) is 5.78. The van der Waals surface area contributed by atoms with Crippen molar-refractivity contribution in [3.05, 3.63) is 47.3 Å². The maximum Gasteiger partial charge on any atom is 0.243 e. The molecule has 0 spiro atoms. The summed E-state index contributed by atoms with van der Waals surface area (Å²) in [7, 11) is 3.49. The van der Waals surface area contributed by atoms with Crippen LogP contribution in [0.25, 0.3) is 0 Å². The Morgan fingerprint density at radius 3 is 2.61 bits per heavy atom. The van der Waals surface area contributed by atoms with E-state index >= 15 is 0 Å². The Morgan fingerprint density at radius 1 is 1.23 bits per heavy atom. The first kappa shape index (κ1) is 22.8. The summed E-state index contributed by atoms with van der Waals surface area (Å²) in [6.45, 7) is 5.19. The molecule has 2 amide bonds. The standard InChI is InChI=1S/C23H32N4O4/c1-16-20(17(2)26(3)25-16)10-11-22(28)27-15-19(31-18-8-6-5-7-9-18)14-21(27)23(29)24-12-13-30-4/h5-9,19,21H,10-15H2,1-4H3,(H,24,29)/t19-,21-/m0/s1. The van der Waals surface area contributed by atoms with E-state index in [0.717, 1.165) is 22.7 Å². The molecule has 1 aromatic carbocycles. The van der Waals surface area contributed by atoms with Gasteiger partial charge in [-0.2, -0.15) is 5.10 Å². The number of aromatic nitrogens is 2. The molecule has 1 aliphatic heterocycles. The number of carbonyl (C=O) groups excluding carboxylic acids is 2. The first-order chi connectivity index (χ1) is 14.9. The number of likely N-dealkylation sites (tertiary alicyclic amines) is 1. The number of methoxy groups -OCH3 is 1. The van der Waals surface area contributed by atoms with Gasteiger partial charge in [-0.15, -0.1) is 0 Å². The highest BCUT2D eigenvalue weighted by atomic mass is 16.5. The second kappa shape index (κ2) is 10.4. The van der Waals surface area contributed by atoms with Crippen LogP contribution in [0.3, 0.4) is 0 Å². The van der Waals surface area contributed by atoms with Gasteiger partial charge in [0.1, 0.15) is 17.9 Å². The van der Waals surface area contributed by atoms with Crippen LogP contribution in [0.2, 0.25) is 0 Å². The topological polar surface area (TPSA) is 85.7 Å². The van der Waals surface area contributed by atoms with Crippen molar-refractivity contribution < 1.29 is 19.1 Å². The zero-order chi connectivity index (χ0) is 22.4. The molecule has 0 saturated carbocycles. The Labute approximate surface area is 183 Å². The van der Waals surface area contributed by atoms with Gasteiger partial charge in [0.05, 0.1) is 18.8 Å². The van der Waals surface area contributed by atoms with Crippen LogP contribution < -0.4 is 10.1 Å². The van der Waals surface area contributed by atoms with Crippen LogP contribution in [0.4, 0.5) is 0 Å². The van der Waals surface area contributed by atoms with Gasteiger partial charge in [0.25, 0.3) is 0 Å². The number of nitrogens with one attached hydrogen (secondary N) is 1. The van der Waals surface area contributed by atoms with Crippen molar-refractivity contribution in [1.82, 2.24) is 20.0 Å². The van der Waals surface area contributed by atoms with Crippen LogP contribution in [-0.2, 0) is 27.8 Å². The summed E-state index contributed by atoms with van der Waals surface area (Å²) < 4.78 is 12.9. The van der Waals surface area contributed by atoms with E-state index in [1.165, 1.54) is 0 Å². The molecule has 1 aromatic heterocycles. The zero-order valence-electron chi connectivity index (χ0n) is 18.8. The lowest BCUT2D eigenvalue weighted by Gasteiger charge is -2.23. The fourth-order valence-corrected chi connectivity index (χ4v) is 4.05. The highest BCUT2D eigenvalue weighted by Gasteiger charge is 2.40. The number of amides is 2. The van der Waals surface area contributed by atoms with Crippen molar-refractivity contribution in [3.63, 3.8) is 0 Å². The zero-order valence-corrected chi connectivity index (χ0v) is 18.8. The predicted molar refractivity (Wildman–Crippen MR) is 117 cm³/mol. The Kier molecular flexibility index (Phi) is 7.68. The van der Waals surface area contributed by atoms with Gasteiger partial charge in [-0.25, -0.2) is 0 Å². The largest absolute Gasteiger partial charge is 0.488 e. The fraction of sp³-hybridized carbons (Fsp3) is 0.522. The lowest BCUT2D eigenvalue weighted by atomic mass is 10.1. The third kappa shape index (κ3) is 5.64. The summed E-state index contributed by atoms with van der Waals surface area (Å²) in [4.78, 5) is 27.6. The molecule has 31 heavy (non-hydrogen) atoms. The molecular weight excluding hydrogens is 396 g/mol. The minimum absolute atomic E-state index is 0.0475.